The van der Waals surface area contributed by atoms with E-state index < -0.39 is 0 Å². The SMILES string of the molecule is c1ccc(-c2nc(-c3ccc4oc5ccccc5c4c3)nc(-c3cccc4oc5c(-c6nc7ccccc7n6-c6ccccc6)cccc5c34)n2)cc1.c1ccc(-c2nc(-c3cccc4oc5ccccc5c34)nc(-c3cccc4oc5c(-c6nc7ccccc7n6-c6ccccc6)cccc5c34)n2)cc1. The van der Waals surface area contributed by atoms with Gasteiger partial charge < -0.3 is 17.7 Å². The van der Waals surface area contributed by atoms with Crippen LogP contribution in [-0.2, 0) is 0 Å². The van der Waals surface area contributed by atoms with Gasteiger partial charge in [-0.3, -0.25) is 9.13 Å². The number of imidazole rings is 2. The lowest BCUT2D eigenvalue weighted by atomic mass is 10.0. The third kappa shape index (κ3) is 9.95. The van der Waals surface area contributed by atoms with Crippen LogP contribution in [0.2, 0.25) is 0 Å². The van der Waals surface area contributed by atoms with E-state index in [1.807, 2.05) is 218 Å². The minimum atomic E-state index is 0.550. The molecule has 14 nitrogen and oxygen atoms in total. The quantitative estimate of drug-likeness (QED) is 0.127. The standard InChI is InChI=1S/2C46H27N5O2/c1-3-14-28(15-4-1)43-48-44(32-20-12-26-38-40(32)30-18-7-10-25-37(30)52-38)50-45(49-43)33-21-13-27-39-41(33)31-19-11-22-34(42(31)53-39)46-47-35-23-8-9-24-36(35)51(46)29-16-5-2-6-17-29;1-3-13-28(14-4-1)43-48-44(29-25-26-39-35(27-29)31-17-7-10-23-38(31)52-39)50-45(49-43)33-19-12-24-40-41(33)32-18-11-20-34(42(32)53-40)46-47-36-21-8-9-22-37(36)51(46)30-15-5-2-6-16-30/h2*1-27H. The Bertz CT molecular complexity index is 7220. The van der Waals surface area contributed by atoms with Gasteiger partial charge in [-0.25, -0.2) is 39.9 Å². The number of hydrogen-bond acceptors (Lipinski definition) is 12. The molecule has 0 atom stereocenters. The fourth-order valence-electron chi connectivity index (χ4n) is 15.0. The Morgan fingerprint density at radius 2 is 0.547 bits per heavy atom. The molecule has 0 N–H and O–H groups in total. The second kappa shape index (κ2) is 24.5. The fraction of sp³-hybridized carbons (Fsp3) is 0. The topological polar surface area (TPSA) is 166 Å². The lowest BCUT2D eigenvalue weighted by Gasteiger charge is -2.10. The van der Waals surface area contributed by atoms with Crippen molar-refractivity contribution in [3.8, 4) is 102 Å². The molecule has 0 aliphatic rings. The zero-order valence-corrected chi connectivity index (χ0v) is 56.3. The Labute approximate surface area is 603 Å². The van der Waals surface area contributed by atoms with Crippen molar-refractivity contribution in [3.63, 3.8) is 0 Å². The first kappa shape index (κ1) is 60.0. The average Bonchev–Trinajstić information content (AvgIpc) is 1.57. The summed E-state index contributed by atoms with van der Waals surface area (Å²) >= 11 is 0. The van der Waals surface area contributed by atoms with Crippen molar-refractivity contribution in [3.05, 3.63) is 328 Å². The zero-order valence-electron chi connectivity index (χ0n) is 56.3. The first-order valence-corrected chi connectivity index (χ1v) is 35.0. The predicted octanol–water partition coefficient (Wildman–Crippen LogP) is 23.4. The van der Waals surface area contributed by atoms with Crippen LogP contribution in [0.25, 0.3) is 212 Å². The van der Waals surface area contributed by atoms with Crippen molar-refractivity contribution in [1.29, 1.82) is 0 Å². The van der Waals surface area contributed by atoms with Crippen LogP contribution in [0.1, 0.15) is 0 Å². The van der Waals surface area contributed by atoms with Crippen molar-refractivity contribution < 1.29 is 17.7 Å². The number of benzene rings is 14. The largest absolute Gasteiger partial charge is 0.456 e. The Morgan fingerprint density at radius 1 is 0.208 bits per heavy atom. The number of aromatic nitrogens is 10. The van der Waals surface area contributed by atoms with Gasteiger partial charge in [0.2, 0.25) is 0 Å². The molecule has 0 bridgehead atoms. The van der Waals surface area contributed by atoms with Crippen molar-refractivity contribution in [2.75, 3.05) is 0 Å². The van der Waals surface area contributed by atoms with Crippen molar-refractivity contribution in [2.45, 2.75) is 0 Å². The molecule has 0 fully saturated rings. The summed E-state index contributed by atoms with van der Waals surface area (Å²) in [6.07, 6.45) is 0. The molecule has 0 spiro atoms. The normalized spacial score (nSPS) is 11.8. The zero-order chi connectivity index (χ0) is 69.8. The third-order valence-corrected chi connectivity index (χ3v) is 19.8. The highest BCUT2D eigenvalue weighted by molar-refractivity contribution is 6.17. The van der Waals surface area contributed by atoms with E-state index in [1.54, 1.807) is 0 Å². The van der Waals surface area contributed by atoms with E-state index >= 15 is 0 Å². The van der Waals surface area contributed by atoms with Gasteiger partial charge >= 0.3 is 0 Å². The number of furan rings is 4. The highest BCUT2D eigenvalue weighted by atomic mass is 16.3. The maximum atomic E-state index is 6.78. The van der Waals surface area contributed by atoms with E-state index in [1.165, 1.54) is 0 Å². The summed E-state index contributed by atoms with van der Waals surface area (Å²) in [5, 5.41) is 7.80. The molecular formula is C92H54N10O4. The number of nitrogens with zero attached hydrogens (tertiary/aromatic N) is 10. The molecule has 14 heteroatoms. The maximum Gasteiger partial charge on any atom is 0.164 e. The molecule has 0 aliphatic heterocycles. The van der Waals surface area contributed by atoms with Crippen LogP contribution in [0.4, 0.5) is 0 Å². The van der Waals surface area contributed by atoms with E-state index in [-0.39, 0.29) is 0 Å². The van der Waals surface area contributed by atoms with Crippen LogP contribution in [0, 0.1) is 0 Å². The molecule has 0 aliphatic carbocycles. The molecule has 0 unspecified atom stereocenters. The van der Waals surface area contributed by atoms with Crippen LogP contribution < -0.4 is 0 Å². The van der Waals surface area contributed by atoms with E-state index in [9.17, 15) is 0 Å². The van der Waals surface area contributed by atoms with E-state index in [0.717, 1.165) is 177 Å². The third-order valence-electron chi connectivity index (χ3n) is 19.8. The van der Waals surface area contributed by atoms with Gasteiger partial charge in [0.1, 0.15) is 56.3 Å². The summed E-state index contributed by atoms with van der Waals surface area (Å²) < 4.78 is 30.3. The van der Waals surface area contributed by atoms with Crippen LogP contribution in [0.5, 0.6) is 0 Å². The summed E-state index contributed by atoms with van der Waals surface area (Å²) in [4.78, 5) is 41.0. The van der Waals surface area contributed by atoms with Crippen molar-refractivity contribution in [2.24, 2.45) is 0 Å². The number of rotatable bonds is 10. The van der Waals surface area contributed by atoms with E-state index in [0.29, 0.717) is 34.9 Å². The van der Waals surface area contributed by atoms with Gasteiger partial charge in [0.05, 0.1) is 33.2 Å². The molecule has 496 valence electrons. The molecule has 22 aromatic rings. The molecule has 8 heterocycles. The molecule has 8 aromatic heterocycles. The summed E-state index contributed by atoms with van der Waals surface area (Å²) in [5.41, 5.74) is 19.2. The minimum Gasteiger partial charge on any atom is -0.456 e. The molecule has 0 saturated heterocycles. The Kier molecular flexibility index (Phi) is 13.9. The highest BCUT2D eigenvalue weighted by Crippen LogP contribution is 2.45. The smallest absolute Gasteiger partial charge is 0.164 e. The molecule has 0 radical (unpaired) electrons. The lowest BCUT2D eigenvalue weighted by Crippen LogP contribution is -2.00. The molecule has 14 aromatic carbocycles. The summed E-state index contributed by atoms with van der Waals surface area (Å²) in [6.45, 7) is 0. The number of para-hydroxylation sites is 10. The van der Waals surface area contributed by atoms with Crippen molar-refractivity contribution in [1.82, 2.24) is 49.0 Å². The van der Waals surface area contributed by atoms with Gasteiger partial charge in [0.15, 0.2) is 34.9 Å². The Balaban J connectivity index is 0.000000136. The van der Waals surface area contributed by atoms with Crippen LogP contribution >= 0.6 is 0 Å². The van der Waals surface area contributed by atoms with Crippen LogP contribution in [-0.4, -0.2) is 49.0 Å². The molecular weight excluding hydrogens is 1310 g/mol. The highest BCUT2D eigenvalue weighted by Gasteiger charge is 2.27. The van der Waals surface area contributed by atoms with Gasteiger partial charge in [-0.05, 0) is 109 Å². The molecule has 0 saturated carbocycles. The fourth-order valence-corrected chi connectivity index (χ4v) is 15.0. The lowest BCUT2D eigenvalue weighted by molar-refractivity contribution is 0.668. The average molecular weight is 1360 g/mol. The van der Waals surface area contributed by atoms with Crippen LogP contribution in [0.15, 0.2) is 345 Å². The summed E-state index contributed by atoms with van der Waals surface area (Å²) in [7, 11) is 0. The summed E-state index contributed by atoms with van der Waals surface area (Å²) in [5.74, 6) is 5.02. The van der Waals surface area contributed by atoms with Gasteiger partial charge in [0, 0.05) is 87.8 Å². The van der Waals surface area contributed by atoms with Crippen LogP contribution in [0.3, 0.4) is 0 Å². The van der Waals surface area contributed by atoms with Gasteiger partial charge in [-0.2, -0.15) is 0 Å². The van der Waals surface area contributed by atoms with Gasteiger partial charge in [-0.1, -0.05) is 218 Å². The first-order chi connectivity index (χ1) is 52.5. The number of hydrogen-bond donors (Lipinski definition) is 0. The summed E-state index contributed by atoms with van der Waals surface area (Å²) in [6, 6.07) is 110. The second-order valence-corrected chi connectivity index (χ2v) is 26.0. The van der Waals surface area contributed by atoms with Gasteiger partial charge in [-0.15, -0.1) is 0 Å². The molecule has 22 rings (SSSR count). The van der Waals surface area contributed by atoms with Gasteiger partial charge in [0.25, 0.3) is 0 Å². The minimum absolute atomic E-state index is 0.550. The Hall–Kier alpha value is -14.8. The number of fused-ring (bicyclic) bond motifs is 14. The maximum absolute atomic E-state index is 6.78. The Morgan fingerprint density at radius 3 is 1.06 bits per heavy atom. The molecule has 106 heavy (non-hydrogen) atoms. The monoisotopic (exact) mass is 1360 g/mol. The van der Waals surface area contributed by atoms with E-state index in [2.05, 4.69) is 118 Å². The second-order valence-electron chi connectivity index (χ2n) is 26.0. The first-order valence-electron chi connectivity index (χ1n) is 35.0. The predicted molar refractivity (Wildman–Crippen MR) is 422 cm³/mol. The van der Waals surface area contributed by atoms with E-state index in [4.69, 9.17) is 57.5 Å². The molecule has 0 amide bonds. The van der Waals surface area contributed by atoms with Crippen molar-refractivity contribution >= 4 is 110 Å².